The van der Waals surface area contributed by atoms with Crippen LogP contribution in [0.3, 0.4) is 0 Å². The van der Waals surface area contributed by atoms with Crippen LogP contribution in [0.2, 0.25) is 0 Å². The molecule has 0 amide bonds. The number of ether oxygens (including phenoxy) is 1. The van der Waals surface area contributed by atoms with Crippen LogP contribution >= 0.6 is 12.4 Å². The highest BCUT2D eigenvalue weighted by Gasteiger charge is 2.27. The maximum atomic E-state index is 12.8. The molecule has 11 heavy (non-hydrogen) atoms. The number of nitrogens with two attached hydrogens (primary N) is 1. The smallest absolute Gasteiger partial charge is 0.118 e. The van der Waals surface area contributed by atoms with Crippen LogP contribution in [-0.4, -0.2) is 25.4 Å². The van der Waals surface area contributed by atoms with E-state index >= 15 is 0 Å². The van der Waals surface area contributed by atoms with Gasteiger partial charge in [-0.1, -0.05) is 0 Å². The molecule has 1 aliphatic carbocycles. The molecule has 0 aromatic heterocycles. The van der Waals surface area contributed by atoms with Gasteiger partial charge in [0.15, 0.2) is 0 Å². The van der Waals surface area contributed by atoms with Gasteiger partial charge in [-0.05, 0) is 12.8 Å². The summed E-state index contributed by atoms with van der Waals surface area (Å²) in [5.74, 6) is 0. The summed E-state index contributed by atoms with van der Waals surface area (Å²) < 4.78 is 17.8. The highest BCUT2D eigenvalue weighted by Crippen LogP contribution is 2.21. The van der Waals surface area contributed by atoms with Crippen molar-refractivity contribution in [3.05, 3.63) is 0 Å². The van der Waals surface area contributed by atoms with Gasteiger partial charge in [-0.3, -0.25) is 0 Å². The molecule has 0 aliphatic heterocycles. The van der Waals surface area contributed by atoms with Crippen LogP contribution in [-0.2, 0) is 4.74 Å². The van der Waals surface area contributed by atoms with E-state index in [1.165, 1.54) is 0 Å². The van der Waals surface area contributed by atoms with Crippen molar-refractivity contribution in [3.8, 4) is 0 Å². The minimum atomic E-state index is -0.862. The molecule has 0 spiro atoms. The first-order valence-electron chi connectivity index (χ1n) is 3.66. The summed E-state index contributed by atoms with van der Waals surface area (Å²) in [6.07, 6.45) is 1.35. The first kappa shape index (κ1) is 11.1. The van der Waals surface area contributed by atoms with E-state index in [4.69, 9.17) is 10.5 Å². The van der Waals surface area contributed by atoms with E-state index in [2.05, 4.69) is 0 Å². The Morgan fingerprint density at radius 2 is 2.09 bits per heavy atom. The zero-order chi connectivity index (χ0) is 7.56. The van der Waals surface area contributed by atoms with Gasteiger partial charge in [-0.25, -0.2) is 4.39 Å². The molecule has 3 atom stereocenters. The van der Waals surface area contributed by atoms with Gasteiger partial charge in [0.2, 0.25) is 0 Å². The summed E-state index contributed by atoms with van der Waals surface area (Å²) in [6, 6.07) is -0.258. The Bertz CT molecular complexity index is 115. The van der Waals surface area contributed by atoms with E-state index in [1.807, 2.05) is 0 Å². The quantitative estimate of drug-likeness (QED) is 0.665. The Hall–Kier alpha value is 0.140. The van der Waals surface area contributed by atoms with E-state index in [9.17, 15) is 4.39 Å². The maximum absolute atomic E-state index is 12.8. The summed E-state index contributed by atoms with van der Waals surface area (Å²) in [4.78, 5) is 0. The SMILES string of the molecule is CO[C@@H]1CC[C@@H](N)[C@@H](F)C1.Cl. The molecule has 0 saturated heterocycles. The minimum Gasteiger partial charge on any atom is -0.381 e. The van der Waals surface area contributed by atoms with E-state index in [0.717, 1.165) is 12.8 Å². The second kappa shape index (κ2) is 4.91. The zero-order valence-corrected chi connectivity index (χ0v) is 7.44. The summed E-state index contributed by atoms with van der Waals surface area (Å²) in [5, 5.41) is 0. The van der Waals surface area contributed by atoms with Gasteiger partial charge < -0.3 is 10.5 Å². The Morgan fingerprint density at radius 3 is 2.55 bits per heavy atom. The van der Waals surface area contributed by atoms with Gasteiger partial charge in [-0.15, -0.1) is 12.4 Å². The monoisotopic (exact) mass is 183 g/mol. The second-order valence-corrected chi connectivity index (χ2v) is 2.85. The van der Waals surface area contributed by atoms with Crippen molar-refractivity contribution in [3.63, 3.8) is 0 Å². The maximum Gasteiger partial charge on any atom is 0.118 e. The van der Waals surface area contributed by atoms with Crippen LogP contribution in [0, 0.1) is 0 Å². The van der Waals surface area contributed by atoms with E-state index in [1.54, 1.807) is 7.11 Å². The van der Waals surface area contributed by atoms with Gasteiger partial charge in [0, 0.05) is 19.6 Å². The van der Waals surface area contributed by atoms with Crippen molar-refractivity contribution in [2.24, 2.45) is 5.73 Å². The third-order valence-electron chi connectivity index (χ3n) is 2.11. The van der Waals surface area contributed by atoms with Crippen LogP contribution in [0.15, 0.2) is 0 Å². The molecule has 2 nitrogen and oxygen atoms in total. The average molecular weight is 184 g/mol. The van der Waals surface area contributed by atoms with Crippen LogP contribution in [0.5, 0.6) is 0 Å². The zero-order valence-electron chi connectivity index (χ0n) is 6.63. The molecule has 0 bridgehead atoms. The summed E-state index contributed by atoms with van der Waals surface area (Å²) in [7, 11) is 1.62. The molecule has 0 radical (unpaired) electrons. The van der Waals surface area contributed by atoms with Crippen molar-refractivity contribution in [1.82, 2.24) is 0 Å². The summed E-state index contributed by atoms with van der Waals surface area (Å²) >= 11 is 0. The van der Waals surface area contributed by atoms with Crippen molar-refractivity contribution in [2.75, 3.05) is 7.11 Å². The summed E-state index contributed by atoms with van der Waals surface area (Å²) in [6.45, 7) is 0. The molecule has 0 aromatic rings. The van der Waals surface area contributed by atoms with Gasteiger partial charge in [0.05, 0.1) is 6.10 Å². The van der Waals surface area contributed by atoms with Gasteiger partial charge in [-0.2, -0.15) is 0 Å². The number of rotatable bonds is 1. The number of hydrogen-bond acceptors (Lipinski definition) is 2. The van der Waals surface area contributed by atoms with Crippen molar-refractivity contribution in [1.29, 1.82) is 0 Å². The summed E-state index contributed by atoms with van der Waals surface area (Å²) in [5.41, 5.74) is 5.46. The molecule has 0 aromatic carbocycles. The number of hydrogen-bond donors (Lipinski definition) is 1. The molecule has 1 aliphatic rings. The fourth-order valence-electron chi connectivity index (χ4n) is 1.32. The van der Waals surface area contributed by atoms with Gasteiger partial charge in [0.1, 0.15) is 6.17 Å². The van der Waals surface area contributed by atoms with Crippen LogP contribution in [0.25, 0.3) is 0 Å². The Kier molecular flexibility index (Phi) is 4.97. The molecule has 1 saturated carbocycles. The van der Waals surface area contributed by atoms with Crippen molar-refractivity contribution >= 4 is 12.4 Å². The topological polar surface area (TPSA) is 35.2 Å². The fourth-order valence-corrected chi connectivity index (χ4v) is 1.32. The van der Waals surface area contributed by atoms with Crippen LogP contribution in [0.1, 0.15) is 19.3 Å². The Labute approximate surface area is 72.7 Å². The van der Waals surface area contributed by atoms with Crippen LogP contribution < -0.4 is 5.73 Å². The predicted molar refractivity (Wildman–Crippen MR) is 44.8 cm³/mol. The van der Waals surface area contributed by atoms with E-state index in [0.29, 0.717) is 6.42 Å². The Balaban J connectivity index is 0.000001000. The molecule has 1 fully saturated rings. The lowest BCUT2D eigenvalue weighted by molar-refractivity contribution is 0.0325. The molecule has 0 unspecified atom stereocenters. The molecular formula is C7H15ClFNO. The minimum absolute atomic E-state index is 0. The van der Waals surface area contributed by atoms with Crippen molar-refractivity contribution < 1.29 is 9.13 Å². The lowest BCUT2D eigenvalue weighted by Crippen LogP contribution is -2.39. The number of alkyl halides is 1. The highest BCUT2D eigenvalue weighted by atomic mass is 35.5. The lowest BCUT2D eigenvalue weighted by atomic mass is 9.92. The third kappa shape index (κ3) is 2.93. The standard InChI is InChI=1S/C7H14FNO.ClH/c1-10-5-2-3-7(9)6(8)4-5;/h5-7H,2-4,9H2,1H3;1H/t5-,6+,7-;/m1./s1. The van der Waals surface area contributed by atoms with E-state index in [-0.39, 0.29) is 24.6 Å². The average Bonchev–Trinajstić information content (AvgIpc) is 1.95. The second-order valence-electron chi connectivity index (χ2n) is 2.85. The third-order valence-corrected chi connectivity index (χ3v) is 2.11. The largest absolute Gasteiger partial charge is 0.381 e. The molecule has 68 valence electrons. The molecular weight excluding hydrogens is 169 g/mol. The van der Waals surface area contributed by atoms with Gasteiger partial charge in [0.25, 0.3) is 0 Å². The highest BCUT2D eigenvalue weighted by molar-refractivity contribution is 5.85. The van der Waals surface area contributed by atoms with Crippen LogP contribution in [0.4, 0.5) is 4.39 Å². The lowest BCUT2D eigenvalue weighted by Gasteiger charge is -2.28. The molecule has 0 heterocycles. The van der Waals surface area contributed by atoms with E-state index < -0.39 is 6.17 Å². The number of halogens is 2. The Morgan fingerprint density at radius 1 is 1.45 bits per heavy atom. The number of methoxy groups -OCH3 is 1. The fraction of sp³-hybridized carbons (Fsp3) is 1.00. The normalized spacial score (nSPS) is 37.9. The first-order chi connectivity index (χ1) is 4.74. The van der Waals surface area contributed by atoms with Crippen molar-refractivity contribution in [2.45, 2.75) is 37.6 Å². The molecule has 2 N–H and O–H groups in total. The molecule has 4 heteroatoms. The first-order valence-corrected chi connectivity index (χ1v) is 3.66. The predicted octanol–water partition coefficient (Wildman–Crippen LogP) is 1.27. The molecule has 1 rings (SSSR count). The van der Waals surface area contributed by atoms with Gasteiger partial charge >= 0.3 is 0 Å².